The molecule has 0 aliphatic carbocycles. The number of benzene rings is 8. The van der Waals surface area contributed by atoms with E-state index in [0.29, 0.717) is 17.6 Å². The van der Waals surface area contributed by atoms with Crippen molar-refractivity contribution in [1.29, 1.82) is 0 Å². The molecule has 0 bridgehead atoms. The lowest BCUT2D eigenvalue weighted by Crippen LogP contribution is -2.07. The van der Waals surface area contributed by atoms with Crippen molar-refractivity contribution in [2.75, 3.05) is 0 Å². The smallest absolute Gasteiger partial charge is 0.238 e. The van der Waals surface area contributed by atoms with Gasteiger partial charge >= 0.3 is 0 Å². The first-order valence-corrected chi connectivity index (χ1v) is 18.9. The van der Waals surface area contributed by atoms with Gasteiger partial charge in [-0.1, -0.05) is 176 Å². The number of para-hydroxylation sites is 2. The van der Waals surface area contributed by atoms with Gasteiger partial charge < -0.3 is 4.57 Å². The monoisotopic (exact) mass is 715 g/mol. The Labute approximate surface area is 323 Å². The summed E-state index contributed by atoms with van der Waals surface area (Å²) in [6.45, 7) is 0. The van der Waals surface area contributed by atoms with E-state index in [4.69, 9.17) is 15.0 Å². The van der Waals surface area contributed by atoms with Crippen LogP contribution in [0.4, 0.5) is 0 Å². The number of hydrogen-bond acceptors (Lipinski definition) is 3. The first-order chi connectivity index (χ1) is 27.8. The van der Waals surface area contributed by atoms with Gasteiger partial charge in [-0.05, 0) is 46.5 Å². The van der Waals surface area contributed by atoms with Gasteiger partial charge in [0.2, 0.25) is 5.95 Å². The summed E-state index contributed by atoms with van der Waals surface area (Å²) in [6, 6.07) is 70.4. The highest BCUT2D eigenvalue weighted by Crippen LogP contribution is 2.42. The van der Waals surface area contributed by atoms with E-state index >= 15 is 0 Å². The molecule has 11 aromatic rings. The molecule has 3 aromatic heterocycles. The highest BCUT2D eigenvalue weighted by Gasteiger charge is 2.23. The average molecular weight is 716 g/mol. The van der Waals surface area contributed by atoms with Crippen LogP contribution in [-0.4, -0.2) is 24.1 Å². The van der Waals surface area contributed by atoms with Crippen molar-refractivity contribution in [2.24, 2.45) is 0 Å². The zero-order chi connectivity index (χ0) is 37.0. The predicted octanol–water partition coefficient (Wildman–Crippen LogP) is 12.7. The molecular weight excluding hydrogens is 683 g/mol. The molecular formula is C51H33N5. The lowest BCUT2D eigenvalue weighted by atomic mass is 10.0. The second-order valence-electron chi connectivity index (χ2n) is 14.1. The standard InChI is InChI=1S/C51H33N5/c1-4-14-34(15-5-1)35-24-26-36(27-25-35)37-28-30-40(31-29-37)55-45-22-12-10-20-41(45)43-32-33-44-42-21-11-13-23-46(42)56(48(44)47(43)55)51-53-49(38-16-6-2-7-17-38)52-50(54-51)39-18-8-3-9-19-39/h1-33H. The minimum atomic E-state index is 0.572. The molecule has 11 rings (SSSR count). The fourth-order valence-electron chi connectivity index (χ4n) is 8.16. The molecule has 0 fully saturated rings. The lowest BCUT2D eigenvalue weighted by Gasteiger charge is -2.13. The molecule has 0 radical (unpaired) electrons. The molecule has 0 saturated heterocycles. The van der Waals surface area contributed by atoms with Crippen LogP contribution in [0.3, 0.4) is 0 Å². The second-order valence-corrected chi connectivity index (χ2v) is 14.1. The van der Waals surface area contributed by atoms with Crippen LogP contribution in [0.1, 0.15) is 0 Å². The summed E-state index contributed by atoms with van der Waals surface area (Å²) in [5.74, 6) is 1.82. The van der Waals surface area contributed by atoms with Gasteiger partial charge in [0.25, 0.3) is 0 Å². The van der Waals surface area contributed by atoms with Crippen molar-refractivity contribution in [1.82, 2.24) is 24.1 Å². The summed E-state index contributed by atoms with van der Waals surface area (Å²) in [5, 5.41) is 4.62. The third-order valence-corrected chi connectivity index (χ3v) is 10.8. The molecule has 0 aliphatic rings. The maximum atomic E-state index is 5.24. The molecule has 0 unspecified atom stereocenters. The fourth-order valence-corrected chi connectivity index (χ4v) is 8.16. The van der Waals surface area contributed by atoms with Crippen molar-refractivity contribution in [2.45, 2.75) is 0 Å². The Hall–Kier alpha value is -7.63. The van der Waals surface area contributed by atoms with Crippen LogP contribution < -0.4 is 0 Å². The van der Waals surface area contributed by atoms with Gasteiger partial charge in [0.15, 0.2) is 11.6 Å². The number of hydrogen-bond donors (Lipinski definition) is 0. The summed E-state index contributed by atoms with van der Waals surface area (Å²) >= 11 is 0. The minimum Gasteiger partial charge on any atom is -0.307 e. The van der Waals surface area contributed by atoms with E-state index in [9.17, 15) is 0 Å². The van der Waals surface area contributed by atoms with Gasteiger partial charge in [0, 0.05) is 38.4 Å². The Morgan fingerprint density at radius 3 is 1.14 bits per heavy atom. The van der Waals surface area contributed by atoms with E-state index in [-0.39, 0.29) is 0 Å². The molecule has 262 valence electrons. The van der Waals surface area contributed by atoms with Gasteiger partial charge in [-0.2, -0.15) is 9.97 Å². The highest BCUT2D eigenvalue weighted by atomic mass is 15.2. The molecule has 0 saturated carbocycles. The maximum Gasteiger partial charge on any atom is 0.238 e. The number of fused-ring (bicyclic) bond motifs is 7. The normalized spacial score (nSPS) is 11.6. The van der Waals surface area contributed by atoms with Crippen molar-refractivity contribution in [3.05, 3.63) is 200 Å². The van der Waals surface area contributed by atoms with Gasteiger partial charge in [0.05, 0.1) is 22.1 Å². The van der Waals surface area contributed by atoms with Crippen LogP contribution in [0.5, 0.6) is 0 Å². The van der Waals surface area contributed by atoms with Crippen molar-refractivity contribution in [3.8, 4) is 56.7 Å². The number of aromatic nitrogens is 5. The van der Waals surface area contributed by atoms with E-state index in [1.165, 1.54) is 33.0 Å². The van der Waals surface area contributed by atoms with Crippen molar-refractivity contribution >= 4 is 43.6 Å². The Morgan fingerprint density at radius 2 is 0.643 bits per heavy atom. The first-order valence-electron chi connectivity index (χ1n) is 18.9. The first kappa shape index (κ1) is 31.9. The van der Waals surface area contributed by atoms with E-state index in [1.807, 2.05) is 36.4 Å². The SMILES string of the molecule is c1ccc(-c2ccc(-c3ccc(-n4c5ccccc5c5ccc6c7ccccc7n(-c7nc(-c8ccccc8)nc(-c8ccccc8)n7)c6c54)cc3)cc2)cc1. The van der Waals surface area contributed by atoms with Crippen molar-refractivity contribution in [3.63, 3.8) is 0 Å². The molecule has 0 aliphatic heterocycles. The zero-order valence-electron chi connectivity index (χ0n) is 30.3. The Bertz CT molecular complexity index is 3140. The van der Waals surface area contributed by atoms with Crippen LogP contribution in [0.15, 0.2) is 200 Å². The van der Waals surface area contributed by atoms with Gasteiger partial charge in [0.1, 0.15) is 0 Å². The maximum absolute atomic E-state index is 5.24. The Morgan fingerprint density at radius 1 is 0.268 bits per heavy atom. The second kappa shape index (κ2) is 13.0. The Balaban J connectivity index is 1.16. The zero-order valence-corrected chi connectivity index (χ0v) is 30.3. The molecule has 56 heavy (non-hydrogen) atoms. The molecule has 5 nitrogen and oxygen atoms in total. The Kier molecular flexibility index (Phi) is 7.42. The molecule has 0 atom stereocenters. The van der Waals surface area contributed by atoms with Crippen LogP contribution in [-0.2, 0) is 0 Å². The van der Waals surface area contributed by atoms with Crippen LogP contribution in [0.25, 0.3) is 100 Å². The van der Waals surface area contributed by atoms with E-state index in [2.05, 4.69) is 173 Å². The molecule has 8 aromatic carbocycles. The minimum absolute atomic E-state index is 0.572. The quantitative estimate of drug-likeness (QED) is 0.172. The largest absolute Gasteiger partial charge is 0.307 e. The van der Waals surface area contributed by atoms with Crippen LogP contribution in [0.2, 0.25) is 0 Å². The predicted molar refractivity (Wildman–Crippen MR) is 230 cm³/mol. The van der Waals surface area contributed by atoms with Crippen LogP contribution in [0, 0.1) is 0 Å². The lowest BCUT2D eigenvalue weighted by molar-refractivity contribution is 0.953. The molecule has 0 spiro atoms. The van der Waals surface area contributed by atoms with E-state index in [0.717, 1.165) is 49.7 Å². The number of rotatable bonds is 6. The van der Waals surface area contributed by atoms with Crippen molar-refractivity contribution < 1.29 is 0 Å². The third kappa shape index (κ3) is 5.21. The summed E-state index contributed by atoms with van der Waals surface area (Å²) in [4.78, 5) is 15.5. The highest BCUT2D eigenvalue weighted by molar-refractivity contribution is 6.23. The topological polar surface area (TPSA) is 48.5 Å². The summed E-state index contributed by atoms with van der Waals surface area (Å²) in [5.41, 5.74) is 12.0. The van der Waals surface area contributed by atoms with E-state index in [1.54, 1.807) is 0 Å². The number of nitrogens with zero attached hydrogens (tertiary/aromatic N) is 5. The molecule has 3 heterocycles. The summed E-state index contributed by atoms with van der Waals surface area (Å²) in [7, 11) is 0. The van der Waals surface area contributed by atoms with Gasteiger partial charge in [-0.3, -0.25) is 4.57 Å². The third-order valence-electron chi connectivity index (χ3n) is 10.8. The van der Waals surface area contributed by atoms with E-state index < -0.39 is 0 Å². The molecule has 0 N–H and O–H groups in total. The summed E-state index contributed by atoms with van der Waals surface area (Å²) < 4.78 is 4.65. The van der Waals surface area contributed by atoms with Gasteiger partial charge in [-0.25, -0.2) is 4.98 Å². The van der Waals surface area contributed by atoms with Gasteiger partial charge in [-0.15, -0.1) is 0 Å². The molecule has 0 amide bonds. The summed E-state index contributed by atoms with van der Waals surface area (Å²) in [6.07, 6.45) is 0. The fraction of sp³-hybridized carbons (Fsp3) is 0. The average Bonchev–Trinajstić information content (AvgIpc) is 3.80. The van der Waals surface area contributed by atoms with Crippen LogP contribution >= 0.6 is 0 Å². The molecule has 5 heteroatoms.